The molecule has 0 saturated carbocycles. The summed E-state index contributed by atoms with van der Waals surface area (Å²) >= 11 is 0. The second kappa shape index (κ2) is 15.5. The van der Waals surface area contributed by atoms with Crippen LogP contribution in [-0.2, 0) is 37.4 Å². The van der Waals surface area contributed by atoms with Gasteiger partial charge in [-0.2, -0.15) is 4.31 Å². The number of carbonyl (C=O) groups is 2. The molecule has 0 bridgehead atoms. The lowest BCUT2D eigenvalue weighted by Crippen LogP contribution is -2.45. The van der Waals surface area contributed by atoms with Crippen LogP contribution in [0.25, 0.3) is 0 Å². The summed E-state index contributed by atoms with van der Waals surface area (Å²) < 4.78 is 43.8. The number of hydrogen-bond acceptors (Lipinski definition) is 8. The Labute approximate surface area is 268 Å². The molecule has 46 heavy (non-hydrogen) atoms. The van der Waals surface area contributed by atoms with Crippen molar-refractivity contribution in [2.75, 3.05) is 40.0 Å². The summed E-state index contributed by atoms with van der Waals surface area (Å²) in [6.45, 7) is 1.18. The molecule has 1 aliphatic heterocycles. The third kappa shape index (κ3) is 8.27. The molecule has 1 saturated heterocycles. The van der Waals surface area contributed by atoms with Gasteiger partial charge in [0.25, 0.3) is 5.91 Å². The Morgan fingerprint density at radius 1 is 0.913 bits per heavy atom. The van der Waals surface area contributed by atoms with E-state index in [1.807, 2.05) is 42.5 Å². The average Bonchev–Trinajstić information content (AvgIpc) is 3.11. The molecule has 1 unspecified atom stereocenters. The maximum atomic E-state index is 13.9. The van der Waals surface area contributed by atoms with Crippen molar-refractivity contribution in [2.45, 2.75) is 24.0 Å². The SMILES string of the molecule is COc1ccc(CN(C(=O)COc2ccc(S(=O)(=O)N3CCOCC3)cc2)C(C(=O)NCc2ccccn2)c2ccccc2)cc1. The zero-order chi connectivity index (χ0) is 32.4. The van der Waals surface area contributed by atoms with Gasteiger partial charge in [0, 0.05) is 25.8 Å². The zero-order valence-electron chi connectivity index (χ0n) is 25.4. The number of rotatable bonds is 13. The van der Waals surface area contributed by atoms with Crippen LogP contribution < -0.4 is 14.8 Å². The van der Waals surface area contributed by atoms with Crippen LogP contribution in [0.2, 0.25) is 0 Å². The van der Waals surface area contributed by atoms with E-state index in [-0.39, 0.29) is 43.6 Å². The molecule has 0 radical (unpaired) electrons. The van der Waals surface area contributed by atoms with E-state index < -0.39 is 22.0 Å². The van der Waals surface area contributed by atoms with Gasteiger partial charge >= 0.3 is 0 Å². The Hall–Kier alpha value is -4.78. The second-order valence-corrected chi connectivity index (χ2v) is 12.4. The van der Waals surface area contributed by atoms with E-state index in [0.717, 1.165) is 5.56 Å². The summed E-state index contributed by atoms with van der Waals surface area (Å²) in [5.41, 5.74) is 2.09. The highest BCUT2D eigenvalue weighted by Crippen LogP contribution is 2.26. The van der Waals surface area contributed by atoms with Gasteiger partial charge in [-0.15, -0.1) is 0 Å². The fourth-order valence-corrected chi connectivity index (χ4v) is 6.42. The van der Waals surface area contributed by atoms with Gasteiger partial charge in [0.05, 0.1) is 37.5 Å². The van der Waals surface area contributed by atoms with E-state index in [1.54, 1.807) is 43.6 Å². The first-order valence-corrected chi connectivity index (χ1v) is 16.2. The maximum Gasteiger partial charge on any atom is 0.261 e. The number of nitrogens with one attached hydrogen (secondary N) is 1. The molecule has 0 spiro atoms. The molecule has 2 amide bonds. The first kappa shape index (κ1) is 32.6. The number of benzene rings is 3. The van der Waals surface area contributed by atoms with Crippen molar-refractivity contribution in [1.29, 1.82) is 0 Å². The van der Waals surface area contributed by atoms with E-state index in [1.165, 1.54) is 33.5 Å². The summed E-state index contributed by atoms with van der Waals surface area (Å²) in [6, 6.07) is 26.7. The van der Waals surface area contributed by atoms with Crippen molar-refractivity contribution in [3.05, 3.63) is 120 Å². The molecule has 3 aromatic carbocycles. The number of aromatic nitrogens is 1. The molecule has 1 aliphatic rings. The van der Waals surface area contributed by atoms with Crippen molar-refractivity contribution in [3.8, 4) is 11.5 Å². The summed E-state index contributed by atoms with van der Waals surface area (Å²) in [5.74, 6) is 0.158. The Bertz CT molecular complexity index is 1680. The highest BCUT2D eigenvalue weighted by Gasteiger charge is 2.32. The maximum absolute atomic E-state index is 13.9. The Kier molecular flexibility index (Phi) is 11.0. The topological polar surface area (TPSA) is 127 Å². The zero-order valence-corrected chi connectivity index (χ0v) is 26.3. The van der Waals surface area contributed by atoms with Crippen LogP contribution in [0.15, 0.2) is 108 Å². The van der Waals surface area contributed by atoms with Crippen molar-refractivity contribution >= 4 is 21.8 Å². The van der Waals surface area contributed by atoms with E-state index >= 15 is 0 Å². The fourth-order valence-electron chi connectivity index (χ4n) is 5.01. The van der Waals surface area contributed by atoms with Crippen LogP contribution in [0.1, 0.15) is 22.9 Å². The Balaban J connectivity index is 1.37. The highest BCUT2D eigenvalue weighted by atomic mass is 32.2. The van der Waals surface area contributed by atoms with Crippen molar-refractivity contribution in [1.82, 2.24) is 19.5 Å². The molecule has 12 heteroatoms. The minimum atomic E-state index is -3.68. The summed E-state index contributed by atoms with van der Waals surface area (Å²) in [4.78, 5) is 33.7. The predicted octanol–water partition coefficient (Wildman–Crippen LogP) is 3.58. The predicted molar refractivity (Wildman–Crippen MR) is 170 cm³/mol. The van der Waals surface area contributed by atoms with E-state index in [2.05, 4.69) is 10.3 Å². The molecule has 240 valence electrons. The van der Waals surface area contributed by atoms with Gasteiger partial charge in [-0.05, 0) is 59.7 Å². The molecule has 5 rings (SSSR count). The van der Waals surface area contributed by atoms with Crippen LogP contribution in [0.3, 0.4) is 0 Å². The van der Waals surface area contributed by atoms with Gasteiger partial charge in [0.1, 0.15) is 17.5 Å². The molecule has 1 fully saturated rings. The number of pyridine rings is 1. The molecule has 1 aromatic heterocycles. The molecule has 11 nitrogen and oxygen atoms in total. The molecule has 4 aromatic rings. The van der Waals surface area contributed by atoms with E-state index in [0.29, 0.717) is 36.0 Å². The summed E-state index contributed by atoms with van der Waals surface area (Å²) in [6.07, 6.45) is 1.65. The van der Waals surface area contributed by atoms with Gasteiger partial charge < -0.3 is 24.4 Å². The minimum Gasteiger partial charge on any atom is -0.497 e. The van der Waals surface area contributed by atoms with Crippen LogP contribution in [0, 0.1) is 0 Å². The number of ether oxygens (including phenoxy) is 3. The highest BCUT2D eigenvalue weighted by molar-refractivity contribution is 7.89. The number of sulfonamides is 1. The van der Waals surface area contributed by atoms with Gasteiger partial charge in [0.15, 0.2) is 6.61 Å². The smallest absolute Gasteiger partial charge is 0.261 e. The first-order valence-electron chi connectivity index (χ1n) is 14.8. The van der Waals surface area contributed by atoms with Gasteiger partial charge in [-0.1, -0.05) is 48.5 Å². The lowest BCUT2D eigenvalue weighted by molar-refractivity contribution is -0.143. The van der Waals surface area contributed by atoms with Gasteiger partial charge in [-0.25, -0.2) is 8.42 Å². The van der Waals surface area contributed by atoms with Crippen LogP contribution in [0.5, 0.6) is 11.5 Å². The van der Waals surface area contributed by atoms with Crippen molar-refractivity contribution < 1.29 is 32.2 Å². The van der Waals surface area contributed by atoms with Crippen LogP contribution in [-0.4, -0.2) is 74.4 Å². The largest absolute Gasteiger partial charge is 0.497 e. The van der Waals surface area contributed by atoms with Gasteiger partial charge in [-0.3, -0.25) is 14.6 Å². The number of nitrogens with zero attached hydrogens (tertiary/aromatic N) is 3. The number of hydrogen-bond donors (Lipinski definition) is 1. The quantitative estimate of drug-likeness (QED) is 0.234. The number of amides is 2. The second-order valence-electron chi connectivity index (χ2n) is 10.5. The first-order chi connectivity index (χ1) is 22.3. The van der Waals surface area contributed by atoms with Crippen molar-refractivity contribution in [2.24, 2.45) is 0 Å². The Morgan fingerprint density at radius 3 is 2.24 bits per heavy atom. The molecule has 1 N–H and O–H groups in total. The molecular weight excluding hydrogens is 608 g/mol. The number of carbonyl (C=O) groups excluding carboxylic acids is 2. The van der Waals surface area contributed by atoms with Crippen LogP contribution >= 0.6 is 0 Å². The molecular formula is C34H36N4O7S. The van der Waals surface area contributed by atoms with E-state index in [4.69, 9.17) is 14.2 Å². The molecule has 1 atom stereocenters. The standard InChI is InChI=1S/C34H36N4O7S/c1-43-29-12-10-26(11-13-29)24-38(33(27-7-3-2-4-8-27)34(40)36-23-28-9-5-6-18-35-28)32(39)25-45-30-14-16-31(17-15-30)46(41,42)37-19-21-44-22-20-37/h2-18,33H,19-25H2,1H3,(H,36,40). The molecule has 2 heterocycles. The fraction of sp³-hybridized carbons (Fsp3) is 0.265. The lowest BCUT2D eigenvalue weighted by atomic mass is 10.0. The van der Waals surface area contributed by atoms with Gasteiger partial charge in [0.2, 0.25) is 15.9 Å². The Morgan fingerprint density at radius 2 is 1.59 bits per heavy atom. The third-order valence-electron chi connectivity index (χ3n) is 7.47. The third-order valence-corrected chi connectivity index (χ3v) is 9.38. The average molecular weight is 645 g/mol. The summed E-state index contributed by atoms with van der Waals surface area (Å²) in [5, 5.41) is 2.93. The minimum absolute atomic E-state index is 0.111. The van der Waals surface area contributed by atoms with E-state index in [9.17, 15) is 18.0 Å². The lowest BCUT2D eigenvalue weighted by Gasteiger charge is -2.31. The monoisotopic (exact) mass is 644 g/mol. The summed E-state index contributed by atoms with van der Waals surface area (Å²) in [7, 11) is -2.10. The normalized spacial score (nSPS) is 14.2. The number of morpholine rings is 1. The molecule has 0 aliphatic carbocycles. The van der Waals surface area contributed by atoms with Crippen molar-refractivity contribution in [3.63, 3.8) is 0 Å². The van der Waals surface area contributed by atoms with Crippen LogP contribution in [0.4, 0.5) is 0 Å². The number of methoxy groups -OCH3 is 1.